The van der Waals surface area contributed by atoms with Crippen LogP contribution in [0.2, 0.25) is 0 Å². The van der Waals surface area contributed by atoms with E-state index in [1.165, 1.54) is 0 Å². The van der Waals surface area contributed by atoms with Crippen LogP contribution in [-0.2, 0) is 0 Å². The summed E-state index contributed by atoms with van der Waals surface area (Å²) >= 11 is 3.62. The first kappa shape index (κ1) is 10.7. The van der Waals surface area contributed by atoms with Gasteiger partial charge >= 0.3 is 0 Å². The quantitative estimate of drug-likeness (QED) is 0.511. The molecule has 0 saturated carbocycles. The van der Waals surface area contributed by atoms with Crippen LogP contribution in [0.4, 0.5) is 0 Å². The maximum atomic E-state index is 3.62. The number of hydrogen-bond acceptors (Lipinski definition) is 1. The third-order valence-electron chi connectivity index (χ3n) is 1.61. The molecule has 0 aromatic carbocycles. The highest BCUT2D eigenvalue weighted by molar-refractivity contribution is 9.23. The van der Waals surface area contributed by atoms with E-state index in [-0.39, 0.29) is 8.30 Å². The predicted octanol–water partition coefficient (Wildman–Crippen LogP) is 1.89. The van der Waals surface area contributed by atoms with E-state index in [4.69, 9.17) is 0 Å². The van der Waals surface area contributed by atoms with Crippen LogP contribution in [0.1, 0.15) is 34.6 Å². The van der Waals surface area contributed by atoms with Crippen molar-refractivity contribution in [2.24, 2.45) is 0 Å². The van der Waals surface area contributed by atoms with Gasteiger partial charge in [0.15, 0.2) is 8.30 Å². The molecule has 0 bridgehead atoms. The Kier molecular flexibility index (Phi) is 4.14. The molecule has 0 amide bonds. The van der Waals surface area contributed by atoms with Gasteiger partial charge in [-0.05, 0) is 26.8 Å². The van der Waals surface area contributed by atoms with Gasteiger partial charge in [-0.3, -0.25) is 0 Å². The largest absolute Gasteiger partial charge is 0.313 e. The first-order valence-corrected chi connectivity index (χ1v) is 8.25. The van der Waals surface area contributed by atoms with E-state index in [0.29, 0.717) is 11.6 Å². The van der Waals surface area contributed by atoms with E-state index in [1.807, 2.05) is 0 Å². The van der Waals surface area contributed by atoms with Gasteiger partial charge in [0.2, 0.25) is 0 Å². The van der Waals surface area contributed by atoms with E-state index in [9.17, 15) is 0 Å². The Hall–Kier alpha value is 0.657. The maximum Gasteiger partial charge on any atom is 0.171 e. The zero-order valence-electron chi connectivity index (χ0n) is 7.61. The summed E-state index contributed by atoms with van der Waals surface area (Å²) in [5.74, 6) is 0. The second kappa shape index (κ2) is 3.88. The molecule has 0 aromatic heterocycles. The summed E-state index contributed by atoms with van der Waals surface area (Å²) in [6, 6.07) is 0.672. The summed E-state index contributed by atoms with van der Waals surface area (Å²) in [6.45, 7) is 11.3. The van der Waals surface area contributed by atoms with Crippen molar-refractivity contribution in [2.45, 2.75) is 46.2 Å². The molecule has 10 heavy (non-hydrogen) atoms. The molecule has 62 valence electrons. The highest BCUT2D eigenvalue weighted by Crippen LogP contribution is 2.15. The zero-order chi connectivity index (χ0) is 8.36. The highest BCUT2D eigenvalue weighted by Gasteiger charge is 2.21. The van der Waals surface area contributed by atoms with Crippen molar-refractivity contribution in [1.29, 1.82) is 0 Å². The van der Waals surface area contributed by atoms with Crippen LogP contribution >= 0.6 is 15.3 Å². The minimum absolute atomic E-state index is 0.178. The molecule has 0 aliphatic heterocycles. The van der Waals surface area contributed by atoms with Gasteiger partial charge in [-0.2, -0.15) is 0 Å². The normalized spacial score (nSPS) is 14.4. The summed E-state index contributed by atoms with van der Waals surface area (Å²) in [6.07, 6.45) is 0. The molecule has 0 aliphatic rings. The first-order chi connectivity index (χ1) is 4.39. The summed E-state index contributed by atoms with van der Waals surface area (Å²) in [5.41, 5.74) is 0.337. The molecular formula is C7H18BrNSi. The lowest BCUT2D eigenvalue weighted by Crippen LogP contribution is -2.46. The second-order valence-electron chi connectivity index (χ2n) is 3.85. The molecule has 0 atom stereocenters. The molecular weight excluding hydrogens is 206 g/mol. The van der Waals surface area contributed by atoms with E-state index >= 15 is 0 Å². The number of nitrogens with zero attached hydrogens (tertiary/aromatic N) is 1. The predicted molar refractivity (Wildman–Crippen MR) is 54.2 cm³/mol. The monoisotopic (exact) mass is 223 g/mol. The first-order valence-electron chi connectivity index (χ1n) is 3.72. The Morgan fingerprint density at radius 1 is 1.30 bits per heavy atom. The lowest BCUT2D eigenvalue weighted by atomic mass is 10.1. The van der Waals surface area contributed by atoms with Crippen LogP contribution in [0.5, 0.6) is 0 Å². The minimum Gasteiger partial charge on any atom is -0.313 e. The third kappa shape index (κ3) is 3.17. The molecule has 0 rings (SSSR count). The van der Waals surface area contributed by atoms with Gasteiger partial charge in [0.25, 0.3) is 0 Å². The van der Waals surface area contributed by atoms with Crippen LogP contribution in [-0.4, -0.2) is 24.4 Å². The van der Waals surface area contributed by atoms with E-state index in [2.05, 4.69) is 54.5 Å². The van der Waals surface area contributed by atoms with Crippen molar-refractivity contribution >= 4 is 23.6 Å². The molecule has 0 radical (unpaired) electrons. The van der Waals surface area contributed by atoms with E-state index < -0.39 is 0 Å². The summed E-state index contributed by atoms with van der Waals surface area (Å²) < 4.78 is 2.53. The van der Waals surface area contributed by atoms with Gasteiger partial charge in [-0.25, -0.2) is 0 Å². The van der Waals surface area contributed by atoms with Crippen molar-refractivity contribution in [2.75, 3.05) is 0 Å². The Labute approximate surface area is 74.7 Å². The zero-order valence-corrected chi connectivity index (χ0v) is 10.6. The molecule has 0 heterocycles. The maximum absolute atomic E-state index is 3.62. The average Bonchev–Trinajstić information content (AvgIpc) is 1.60. The lowest BCUT2D eigenvalue weighted by molar-refractivity contribution is 0.217. The Morgan fingerprint density at radius 3 is 1.70 bits per heavy atom. The van der Waals surface area contributed by atoms with E-state index in [1.54, 1.807) is 0 Å². The smallest absolute Gasteiger partial charge is 0.171 e. The molecule has 0 spiro atoms. The molecule has 0 saturated heterocycles. The number of halogens is 1. The standard InChI is InChI=1S/C7H18BrNSi/c1-6(2)9(10-8)7(3,4)5/h6H,10H2,1-5H3. The molecule has 0 aliphatic carbocycles. The van der Waals surface area contributed by atoms with Gasteiger partial charge in [-0.1, -0.05) is 13.8 Å². The second-order valence-corrected chi connectivity index (χ2v) is 6.28. The SMILES string of the molecule is CC(C)N([SiH2]Br)C(C)(C)C. The number of hydrogen-bond donors (Lipinski definition) is 0. The Bertz CT molecular complexity index is 98.3. The van der Waals surface area contributed by atoms with Crippen molar-refractivity contribution in [3.63, 3.8) is 0 Å². The van der Waals surface area contributed by atoms with E-state index in [0.717, 1.165) is 0 Å². The van der Waals surface area contributed by atoms with Gasteiger partial charge in [0, 0.05) is 5.54 Å². The van der Waals surface area contributed by atoms with Gasteiger partial charge < -0.3 is 4.57 Å². The minimum atomic E-state index is -0.178. The van der Waals surface area contributed by atoms with Crippen molar-refractivity contribution < 1.29 is 0 Å². The fourth-order valence-electron chi connectivity index (χ4n) is 1.09. The van der Waals surface area contributed by atoms with Crippen molar-refractivity contribution in [3.05, 3.63) is 0 Å². The van der Waals surface area contributed by atoms with Gasteiger partial charge in [0.05, 0.1) is 0 Å². The number of rotatable bonds is 2. The van der Waals surface area contributed by atoms with Crippen molar-refractivity contribution in [3.8, 4) is 0 Å². The van der Waals surface area contributed by atoms with Crippen molar-refractivity contribution in [1.82, 2.24) is 4.57 Å². The molecule has 0 fully saturated rings. The molecule has 0 unspecified atom stereocenters. The molecule has 0 N–H and O–H groups in total. The van der Waals surface area contributed by atoms with Crippen LogP contribution in [0.15, 0.2) is 0 Å². The molecule has 0 aromatic rings. The average molecular weight is 224 g/mol. The topological polar surface area (TPSA) is 3.24 Å². The highest BCUT2D eigenvalue weighted by atomic mass is 79.9. The fourth-order valence-corrected chi connectivity index (χ4v) is 5.72. The molecule has 1 nitrogen and oxygen atoms in total. The third-order valence-corrected chi connectivity index (χ3v) is 5.17. The summed E-state index contributed by atoms with van der Waals surface area (Å²) in [5, 5.41) is 0. The Balaban J connectivity index is 4.07. The Morgan fingerprint density at radius 2 is 1.70 bits per heavy atom. The van der Waals surface area contributed by atoms with Crippen LogP contribution in [0, 0.1) is 0 Å². The van der Waals surface area contributed by atoms with Crippen LogP contribution in [0.25, 0.3) is 0 Å². The molecule has 3 heteroatoms. The van der Waals surface area contributed by atoms with Gasteiger partial charge in [-0.15, -0.1) is 15.3 Å². The lowest BCUT2D eigenvalue weighted by Gasteiger charge is -2.37. The summed E-state index contributed by atoms with van der Waals surface area (Å²) in [4.78, 5) is 0. The van der Waals surface area contributed by atoms with Crippen LogP contribution in [0.3, 0.4) is 0 Å². The fraction of sp³-hybridized carbons (Fsp3) is 1.00. The van der Waals surface area contributed by atoms with Crippen LogP contribution < -0.4 is 0 Å². The van der Waals surface area contributed by atoms with Gasteiger partial charge in [0.1, 0.15) is 0 Å². The summed E-state index contributed by atoms with van der Waals surface area (Å²) in [7, 11) is -0.178.